The van der Waals surface area contributed by atoms with E-state index in [9.17, 15) is 0 Å². The van der Waals surface area contributed by atoms with Gasteiger partial charge in [0.05, 0.1) is 0 Å². The molecule has 4 heteroatoms. The van der Waals surface area contributed by atoms with Crippen LogP contribution in [0.15, 0.2) is 0 Å². The van der Waals surface area contributed by atoms with Crippen LogP contribution in [0.5, 0.6) is 0 Å². The number of aryl methyl sites for hydroxylation is 4. The van der Waals surface area contributed by atoms with Crippen LogP contribution in [0.2, 0.25) is 0 Å². The summed E-state index contributed by atoms with van der Waals surface area (Å²) >= 11 is 0. The van der Waals surface area contributed by atoms with E-state index in [1.54, 1.807) is 0 Å². The molecule has 0 fully saturated rings. The SMILES string of the molecule is Cc1[c-]c(C)c(C)[c-]c1C.[C-]#[O+].[C-]#[O+].[C-]#[O+].[Cr+2]. The normalized spacial score (nSPS) is 6.24. The summed E-state index contributed by atoms with van der Waals surface area (Å²) in [4.78, 5) is 0. The Morgan fingerprint density at radius 2 is 0.706 bits per heavy atom. The van der Waals surface area contributed by atoms with Gasteiger partial charge in [-0.1, -0.05) is 0 Å². The predicted octanol–water partition coefficient (Wildman–Crippen LogP) is 2.41. The molecule has 0 amide bonds. The molecule has 88 valence electrons. The van der Waals surface area contributed by atoms with Gasteiger partial charge in [0.15, 0.2) is 0 Å². The Labute approximate surface area is 114 Å². The number of benzene rings is 1. The summed E-state index contributed by atoms with van der Waals surface area (Å²) in [6.45, 7) is 21.8. The van der Waals surface area contributed by atoms with Crippen molar-refractivity contribution < 1.29 is 31.3 Å². The number of rotatable bonds is 0. The minimum atomic E-state index is 0. The summed E-state index contributed by atoms with van der Waals surface area (Å²) in [6, 6.07) is 6.55. The standard InChI is InChI=1S/C10H12.3CO.Cr/c1-7-5-9(3)10(4)6-8(7)2;3*1-2;/h1-4H3;;;;/q-2;;;;+2. The zero-order valence-corrected chi connectivity index (χ0v) is 11.4. The van der Waals surface area contributed by atoms with E-state index in [-0.39, 0.29) is 17.4 Å². The zero-order chi connectivity index (χ0) is 13.7. The minimum absolute atomic E-state index is 0. The maximum atomic E-state index is 7.50. The first-order valence-electron chi connectivity index (χ1n) is 4.11. The second-order valence-corrected chi connectivity index (χ2v) is 2.75. The molecule has 0 unspecified atom stereocenters. The molecule has 0 heterocycles. The van der Waals surface area contributed by atoms with Crippen LogP contribution in [0, 0.1) is 59.8 Å². The van der Waals surface area contributed by atoms with Crippen molar-refractivity contribution in [2.45, 2.75) is 27.7 Å². The van der Waals surface area contributed by atoms with E-state index in [1.807, 2.05) is 0 Å². The Kier molecular flexibility index (Phi) is 25.5. The third-order valence-electron chi connectivity index (χ3n) is 1.88. The van der Waals surface area contributed by atoms with Gasteiger partial charge in [-0.3, -0.25) is 22.3 Å². The van der Waals surface area contributed by atoms with Crippen LogP contribution in [0.4, 0.5) is 0 Å². The average Bonchev–Trinajstić information content (AvgIpc) is 2.34. The smallest absolute Gasteiger partial charge is 2.00 e. The molecule has 0 saturated carbocycles. The van der Waals surface area contributed by atoms with E-state index in [0.717, 1.165) is 0 Å². The van der Waals surface area contributed by atoms with Gasteiger partial charge in [0, 0.05) is 0 Å². The molecule has 0 aromatic heterocycles. The second-order valence-electron chi connectivity index (χ2n) is 2.75. The summed E-state index contributed by atoms with van der Waals surface area (Å²) in [5.74, 6) is 0. The molecular weight excluding hydrogens is 256 g/mol. The van der Waals surface area contributed by atoms with E-state index in [1.165, 1.54) is 22.3 Å². The fraction of sp³-hybridized carbons (Fsp3) is 0.308. The summed E-state index contributed by atoms with van der Waals surface area (Å²) in [5.41, 5.74) is 4.84. The quantitative estimate of drug-likeness (QED) is 0.512. The first-order valence-corrected chi connectivity index (χ1v) is 4.11. The van der Waals surface area contributed by atoms with Gasteiger partial charge in [-0.15, -0.1) is 27.7 Å². The van der Waals surface area contributed by atoms with Gasteiger partial charge < -0.3 is 12.1 Å². The largest absolute Gasteiger partial charge is 2.00 e. The van der Waals surface area contributed by atoms with Crippen LogP contribution in [0.3, 0.4) is 0 Å². The molecule has 1 aromatic carbocycles. The molecule has 1 aromatic rings. The molecule has 0 spiro atoms. The van der Waals surface area contributed by atoms with E-state index in [2.05, 4.69) is 59.8 Å². The second kappa shape index (κ2) is 17.4. The van der Waals surface area contributed by atoms with Crippen LogP contribution in [0.1, 0.15) is 22.3 Å². The van der Waals surface area contributed by atoms with E-state index >= 15 is 0 Å². The van der Waals surface area contributed by atoms with Gasteiger partial charge in [0.25, 0.3) is 0 Å². The zero-order valence-electron chi connectivity index (χ0n) is 10.1. The molecule has 0 bridgehead atoms. The van der Waals surface area contributed by atoms with Gasteiger partial charge in [-0.2, -0.15) is 0 Å². The summed E-state index contributed by atoms with van der Waals surface area (Å²) in [5, 5.41) is 0. The number of hydrogen-bond acceptors (Lipinski definition) is 0. The van der Waals surface area contributed by atoms with E-state index in [4.69, 9.17) is 14.0 Å². The Balaban J connectivity index is -0.000000106. The summed E-state index contributed by atoms with van der Waals surface area (Å²) in [7, 11) is 0. The molecule has 0 saturated heterocycles. The van der Waals surface area contributed by atoms with Gasteiger partial charge in [0.2, 0.25) is 0 Å². The fourth-order valence-corrected chi connectivity index (χ4v) is 0.938. The van der Waals surface area contributed by atoms with Crippen molar-refractivity contribution in [2.24, 2.45) is 0 Å². The Morgan fingerprint density at radius 1 is 0.588 bits per heavy atom. The molecule has 17 heavy (non-hydrogen) atoms. The van der Waals surface area contributed by atoms with Crippen LogP contribution in [-0.4, -0.2) is 0 Å². The maximum absolute atomic E-state index is 7.50. The van der Waals surface area contributed by atoms with Crippen LogP contribution < -0.4 is 0 Å². The Hall–Kier alpha value is -1.03. The summed E-state index contributed by atoms with van der Waals surface area (Å²) < 4.78 is 22.5. The number of hydrogen-bond donors (Lipinski definition) is 0. The third-order valence-corrected chi connectivity index (χ3v) is 1.88. The van der Waals surface area contributed by atoms with E-state index < -0.39 is 0 Å². The molecule has 1 rings (SSSR count). The first-order chi connectivity index (χ1) is 7.61. The van der Waals surface area contributed by atoms with Gasteiger partial charge in [-0.05, 0) is 0 Å². The van der Waals surface area contributed by atoms with Crippen LogP contribution in [0.25, 0.3) is 0 Å². The molecule has 0 aliphatic rings. The van der Waals surface area contributed by atoms with Gasteiger partial charge in [0.1, 0.15) is 0 Å². The van der Waals surface area contributed by atoms with Crippen molar-refractivity contribution in [2.75, 3.05) is 0 Å². The molecule has 3 nitrogen and oxygen atoms in total. The predicted molar refractivity (Wildman–Crippen MR) is 54.9 cm³/mol. The molecule has 0 aliphatic carbocycles. The third kappa shape index (κ3) is 11.2. The van der Waals surface area contributed by atoms with E-state index in [0.29, 0.717) is 0 Å². The van der Waals surface area contributed by atoms with Crippen molar-refractivity contribution in [3.05, 3.63) is 54.3 Å². The van der Waals surface area contributed by atoms with Gasteiger partial charge >= 0.3 is 51.3 Å². The summed E-state index contributed by atoms with van der Waals surface area (Å²) in [6.07, 6.45) is 0. The van der Waals surface area contributed by atoms with Crippen molar-refractivity contribution in [3.63, 3.8) is 0 Å². The van der Waals surface area contributed by atoms with Crippen molar-refractivity contribution in [3.8, 4) is 0 Å². The Bertz CT molecular complexity index is 300. The van der Waals surface area contributed by atoms with Gasteiger partial charge in [-0.25, -0.2) is 0 Å². The molecule has 0 N–H and O–H groups in total. The van der Waals surface area contributed by atoms with Crippen molar-refractivity contribution in [1.82, 2.24) is 0 Å². The molecular formula is C13H12CrO3. The fourth-order valence-electron chi connectivity index (χ4n) is 0.938. The van der Waals surface area contributed by atoms with Crippen LogP contribution >= 0.6 is 0 Å². The Morgan fingerprint density at radius 3 is 0.824 bits per heavy atom. The topological polar surface area (TPSA) is 59.7 Å². The molecule has 0 radical (unpaired) electrons. The minimum Gasteiger partial charge on any atom is 2.00 e. The average molecular weight is 268 g/mol. The monoisotopic (exact) mass is 268 g/mol. The van der Waals surface area contributed by atoms with Crippen molar-refractivity contribution in [1.29, 1.82) is 0 Å². The molecule has 0 aliphatic heterocycles. The maximum Gasteiger partial charge on any atom is 2.00 e. The van der Waals surface area contributed by atoms with Crippen molar-refractivity contribution >= 4 is 0 Å². The first kappa shape index (κ1) is 25.0. The van der Waals surface area contributed by atoms with Crippen LogP contribution in [-0.2, 0) is 31.3 Å². The molecule has 0 atom stereocenters.